The first-order chi connectivity index (χ1) is 13.4. The first kappa shape index (κ1) is 19.3. The number of nitrogens with zero attached hydrogens (tertiary/aromatic N) is 4. The van der Waals surface area contributed by atoms with Crippen molar-refractivity contribution >= 4 is 6.03 Å². The molecule has 7 nitrogen and oxygen atoms in total. The number of ether oxygens (including phenoxy) is 1. The summed E-state index contributed by atoms with van der Waals surface area (Å²) in [7, 11) is 3.48. The summed E-state index contributed by atoms with van der Waals surface area (Å²) < 4.78 is 20.4. The topological polar surface area (TPSA) is 72.3 Å². The van der Waals surface area contributed by atoms with E-state index in [0.717, 1.165) is 16.8 Å². The summed E-state index contributed by atoms with van der Waals surface area (Å²) in [4.78, 5) is 13.8. The molecule has 2 aromatic carbocycles. The third-order valence-electron chi connectivity index (χ3n) is 4.12. The highest BCUT2D eigenvalue weighted by molar-refractivity contribution is 5.73. The molecule has 1 heterocycles. The quantitative estimate of drug-likeness (QED) is 0.708. The van der Waals surface area contributed by atoms with Gasteiger partial charge in [0.2, 0.25) is 0 Å². The van der Waals surface area contributed by atoms with Crippen LogP contribution in [0.25, 0.3) is 0 Å². The van der Waals surface area contributed by atoms with Gasteiger partial charge in [-0.3, -0.25) is 4.68 Å². The van der Waals surface area contributed by atoms with Crippen LogP contribution in [0.15, 0.2) is 48.7 Å². The van der Waals surface area contributed by atoms with E-state index in [2.05, 4.69) is 15.6 Å². The summed E-state index contributed by atoms with van der Waals surface area (Å²) >= 11 is 0. The van der Waals surface area contributed by atoms with Crippen LogP contribution in [-0.4, -0.2) is 33.0 Å². The van der Waals surface area contributed by atoms with Crippen LogP contribution in [0.2, 0.25) is 0 Å². The van der Waals surface area contributed by atoms with Crippen LogP contribution < -0.4 is 10.1 Å². The van der Waals surface area contributed by atoms with Crippen molar-refractivity contribution in [1.82, 2.24) is 25.2 Å². The van der Waals surface area contributed by atoms with Crippen LogP contribution in [0.5, 0.6) is 11.5 Å². The molecular weight excluding hydrogens is 361 g/mol. The van der Waals surface area contributed by atoms with E-state index < -0.39 is 0 Å². The van der Waals surface area contributed by atoms with E-state index in [4.69, 9.17) is 4.74 Å². The SMILES string of the molecule is Cc1cc(CNC(=O)N(C)Cc2cn(C)nn2)ccc1Oc1ccc(F)cc1. The lowest BCUT2D eigenvalue weighted by atomic mass is 10.1. The number of carbonyl (C=O) groups is 1. The molecule has 3 aromatic rings. The number of aromatic nitrogens is 3. The smallest absolute Gasteiger partial charge is 0.317 e. The van der Waals surface area contributed by atoms with E-state index in [1.54, 1.807) is 42.0 Å². The average molecular weight is 383 g/mol. The first-order valence-corrected chi connectivity index (χ1v) is 8.78. The molecule has 1 aromatic heterocycles. The van der Waals surface area contributed by atoms with Gasteiger partial charge in [-0.05, 0) is 48.4 Å². The molecule has 0 aliphatic heterocycles. The first-order valence-electron chi connectivity index (χ1n) is 8.78. The average Bonchev–Trinajstić information content (AvgIpc) is 3.08. The highest BCUT2D eigenvalue weighted by atomic mass is 19.1. The zero-order chi connectivity index (χ0) is 20.1. The van der Waals surface area contributed by atoms with Gasteiger partial charge in [0.1, 0.15) is 23.0 Å². The van der Waals surface area contributed by atoms with Gasteiger partial charge in [-0.1, -0.05) is 17.3 Å². The lowest BCUT2D eigenvalue weighted by Crippen LogP contribution is -2.36. The highest BCUT2D eigenvalue weighted by Crippen LogP contribution is 2.26. The minimum absolute atomic E-state index is 0.199. The summed E-state index contributed by atoms with van der Waals surface area (Å²) in [6.45, 7) is 2.69. The minimum Gasteiger partial charge on any atom is -0.457 e. The molecule has 146 valence electrons. The Morgan fingerprint density at radius 3 is 2.64 bits per heavy atom. The molecule has 0 aliphatic carbocycles. The summed E-state index contributed by atoms with van der Waals surface area (Å²) in [6.07, 6.45) is 1.77. The third-order valence-corrected chi connectivity index (χ3v) is 4.12. The molecule has 2 amide bonds. The minimum atomic E-state index is -0.306. The number of hydrogen-bond acceptors (Lipinski definition) is 4. The zero-order valence-electron chi connectivity index (χ0n) is 16.0. The Morgan fingerprint density at radius 2 is 2.00 bits per heavy atom. The molecule has 0 aliphatic rings. The number of benzene rings is 2. The van der Waals surface area contributed by atoms with E-state index >= 15 is 0 Å². The number of carbonyl (C=O) groups excluding carboxylic acids is 1. The van der Waals surface area contributed by atoms with Crippen LogP contribution in [0, 0.1) is 12.7 Å². The van der Waals surface area contributed by atoms with E-state index in [1.807, 2.05) is 25.1 Å². The van der Waals surface area contributed by atoms with Gasteiger partial charge >= 0.3 is 6.03 Å². The fraction of sp³-hybridized carbons (Fsp3) is 0.250. The predicted molar refractivity (Wildman–Crippen MR) is 102 cm³/mol. The molecule has 0 atom stereocenters. The lowest BCUT2D eigenvalue weighted by Gasteiger charge is -2.17. The normalized spacial score (nSPS) is 10.6. The van der Waals surface area contributed by atoms with Gasteiger partial charge < -0.3 is 15.0 Å². The van der Waals surface area contributed by atoms with Gasteiger partial charge in [0.05, 0.1) is 6.54 Å². The third kappa shape index (κ3) is 5.06. The number of amides is 2. The highest BCUT2D eigenvalue weighted by Gasteiger charge is 2.11. The van der Waals surface area contributed by atoms with Gasteiger partial charge in [-0.15, -0.1) is 5.10 Å². The Balaban J connectivity index is 1.55. The Kier molecular flexibility index (Phi) is 5.88. The van der Waals surface area contributed by atoms with E-state index in [9.17, 15) is 9.18 Å². The van der Waals surface area contributed by atoms with Crippen molar-refractivity contribution in [3.05, 3.63) is 71.3 Å². The second-order valence-corrected chi connectivity index (χ2v) is 6.55. The zero-order valence-corrected chi connectivity index (χ0v) is 16.0. The molecular formula is C20H22FN5O2. The number of halogens is 1. The van der Waals surface area contributed by atoms with E-state index in [-0.39, 0.29) is 11.8 Å². The molecule has 0 fully saturated rings. The Morgan fingerprint density at radius 1 is 1.25 bits per heavy atom. The summed E-state index contributed by atoms with van der Waals surface area (Å²) in [6, 6.07) is 11.3. The van der Waals surface area contributed by atoms with Crippen LogP contribution in [0.4, 0.5) is 9.18 Å². The monoisotopic (exact) mass is 383 g/mol. The van der Waals surface area contributed by atoms with E-state index in [1.165, 1.54) is 12.1 Å². The molecule has 3 rings (SSSR count). The molecule has 0 spiro atoms. The largest absolute Gasteiger partial charge is 0.457 e. The maximum Gasteiger partial charge on any atom is 0.317 e. The molecule has 28 heavy (non-hydrogen) atoms. The maximum atomic E-state index is 13.0. The summed E-state index contributed by atoms with van der Waals surface area (Å²) in [5, 5.41) is 10.7. The molecule has 0 saturated heterocycles. The molecule has 0 bridgehead atoms. The lowest BCUT2D eigenvalue weighted by molar-refractivity contribution is 0.206. The van der Waals surface area contributed by atoms with E-state index in [0.29, 0.717) is 24.6 Å². The van der Waals surface area contributed by atoms with Crippen LogP contribution in [0.1, 0.15) is 16.8 Å². The Hall–Kier alpha value is -3.42. The molecule has 8 heteroatoms. The van der Waals surface area contributed by atoms with Gasteiger partial charge in [-0.25, -0.2) is 9.18 Å². The summed E-state index contributed by atoms with van der Waals surface area (Å²) in [5.74, 6) is 0.942. The maximum absolute atomic E-state index is 13.0. The molecule has 0 unspecified atom stereocenters. The van der Waals surface area contributed by atoms with Crippen LogP contribution in [-0.2, 0) is 20.1 Å². The van der Waals surface area contributed by atoms with Crippen LogP contribution in [0.3, 0.4) is 0 Å². The number of nitrogens with one attached hydrogen (secondary N) is 1. The van der Waals surface area contributed by atoms with Crippen molar-refractivity contribution in [2.75, 3.05) is 7.05 Å². The predicted octanol–water partition coefficient (Wildman–Crippen LogP) is 3.40. The number of rotatable bonds is 6. The van der Waals surface area contributed by atoms with Crippen molar-refractivity contribution < 1.29 is 13.9 Å². The van der Waals surface area contributed by atoms with Gasteiger partial charge in [0.25, 0.3) is 0 Å². The molecule has 1 N–H and O–H groups in total. The fourth-order valence-corrected chi connectivity index (χ4v) is 2.66. The molecule has 0 radical (unpaired) electrons. The second kappa shape index (κ2) is 8.51. The number of urea groups is 1. The van der Waals surface area contributed by atoms with Crippen molar-refractivity contribution in [3.8, 4) is 11.5 Å². The standard InChI is InChI=1S/C20H22FN5O2/c1-14-10-15(4-9-19(14)28-18-7-5-16(21)6-8-18)11-22-20(27)25(2)12-17-13-26(3)24-23-17/h4-10,13H,11-12H2,1-3H3,(H,22,27). The van der Waals surface area contributed by atoms with Crippen LogP contribution >= 0.6 is 0 Å². The second-order valence-electron chi connectivity index (χ2n) is 6.55. The van der Waals surface area contributed by atoms with Gasteiger partial charge in [0, 0.05) is 26.8 Å². The van der Waals surface area contributed by atoms with Crippen molar-refractivity contribution in [3.63, 3.8) is 0 Å². The molecule has 0 saturated carbocycles. The Labute approximate surface area is 162 Å². The van der Waals surface area contributed by atoms with Crippen molar-refractivity contribution in [2.24, 2.45) is 7.05 Å². The van der Waals surface area contributed by atoms with Crippen molar-refractivity contribution in [1.29, 1.82) is 0 Å². The Bertz CT molecular complexity index is 955. The van der Waals surface area contributed by atoms with Gasteiger partial charge in [-0.2, -0.15) is 0 Å². The van der Waals surface area contributed by atoms with Gasteiger partial charge in [0.15, 0.2) is 0 Å². The fourth-order valence-electron chi connectivity index (χ4n) is 2.66. The summed E-state index contributed by atoms with van der Waals surface area (Å²) in [5.41, 5.74) is 2.59. The number of aryl methyl sites for hydroxylation is 2. The number of hydrogen-bond donors (Lipinski definition) is 1. The van der Waals surface area contributed by atoms with Crippen molar-refractivity contribution in [2.45, 2.75) is 20.0 Å².